The van der Waals surface area contributed by atoms with Gasteiger partial charge in [0.15, 0.2) is 5.82 Å². The van der Waals surface area contributed by atoms with Gasteiger partial charge in [-0.25, -0.2) is 18.7 Å². The average Bonchev–Trinajstić information content (AvgIpc) is 3.26. The van der Waals surface area contributed by atoms with E-state index < -0.39 is 12.2 Å². The van der Waals surface area contributed by atoms with Crippen LogP contribution in [0.3, 0.4) is 0 Å². The molecule has 0 spiro atoms. The molecule has 110 valence electrons. The summed E-state index contributed by atoms with van der Waals surface area (Å²) in [4.78, 5) is 9.81. The quantitative estimate of drug-likeness (QED) is 0.802. The van der Waals surface area contributed by atoms with Gasteiger partial charge in [0.1, 0.15) is 5.15 Å². The molecule has 1 saturated heterocycles. The minimum Gasteiger partial charge on any atom is -0.379 e. The summed E-state index contributed by atoms with van der Waals surface area (Å²) >= 11 is 6.12. The van der Waals surface area contributed by atoms with Gasteiger partial charge in [0, 0.05) is 30.9 Å². The van der Waals surface area contributed by atoms with Crippen LogP contribution in [0.1, 0.15) is 36.7 Å². The fourth-order valence-electron chi connectivity index (χ4n) is 2.70. The van der Waals surface area contributed by atoms with E-state index in [0.29, 0.717) is 19.1 Å². The summed E-state index contributed by atoms with van der Waals surface area (Å²) in [5.74, 6) is 0.0156. The molecule has 7 heteroatoms. The van der Waals surface area contributed by atoms with Crippen LogP contribution >= 0.6 is 11.6 Å². The molecule has 2 heterocycles. The molecule has 3 rings (SSSR count). The zero-order valence-corrected chi connectivity index (χ0v) is 11.7. The number of halogens is 3. The molecule has 0 bridgehead atoms. The van der Waals surface area contributed by atoms with Crippen molar-refractivity contribution in [3.8, 4) is 0 Å². The van der Waals surface area contributed by atoms with E-state index in [9.17, 15) is 8.78 Å². The molecule has 20 heavy (non-hydrogen) atoms. The lowest BCUT2D eigenvalue weighted by molar-refractivity contribution is 0.0109. The van der Waals surface area contributed by atoms with E-state index >= 15 is 0 Å². The van der Waals surface area contributed by atoms with Crippen molar-refractivity contribution >= 4 is 11.6 Å². The molecule has 0 amide bonds. The van der Waals surface area contributed by atoms with Gasteiger partial charge in [0.05, 0.1) is 13.2 Å². The zero-order valence-electron chi connectivity index (χ0n) is 10.9. The first-order valence-corrected chi connectivity index (χ1v) is 7.17. The maximum Gasteiger partial charge on any atom is 0.297 e. The molecule has 1 aromatic rings. The number of hydrogen-bond donors (Lipinski definition) is 0. The number of alkyl halides is 2. The fraction of sp³-hybridized carbons (Fsp3) is 0.692. The normalized spacial score (nSPS) is 22.2. The Bertz CT molecular complexity index is 479. The molecule has 1 atom stereocenters. The third-order valence-corrected chi connectivity index (χ3v) is 4.11. The van der Waals surface area contributed by atoms with Gasteiger partial charge in [-0.2, -0.15) is 0 Å². The Morgan fingerprint density at radius 2 is 2.00 bits per heavy atom. The Morgan fingerprint density at radius 3 is 2.55 bits per heavy atom. The Kier molecular flexibility index (Phi) is 4.14. The average molecular weight is 304 g/mol. The van der Waals surface area contributed by atoms with Crippen molar-refractivity contribution < 1.29 is 13.5 Å². The molecule has 1 aliphatic heterocycles. The predicted molar refractivity (Wildman–Crippen MR) is 69.9 cm³/mol. The van der Waals surface area contributed by atoms with Crippen molar-refractivity contribution in [2.45, 2.75) is 25.3 Å². The van der Waals surface area contributed by atoms with Gasteiger partial charge in [-0.1, -0.05) is 11.6 Å². The van der Waals surface area contributed by atoms with Crippen LogP contribution in [0.25, 0.3) is 0 Å². The Hall–Kier alpha value is -0.850. The van der Waals surface area contributed by atoms with E-state index in [-0.39, 0.29) is 11.2 Å². The Labute approximate surface area is 121 Å². The summed E-state index contributed by atoms with van der Waals surface area (Å²) in [5, 5.41) is 0.152. The molecule has 2 fully saturated rings. The van der Waals surface area contributed by atoms with Crippen molar-refractivity contribution in [3.63, 3.8) is 0 Å². The van der Waals surface area contributed by atoms with Gasteiger partial charge in [0.25, 0.3) is 6.43 Å². The van der Waals surface area contributed by atoms with E-state index in [0.717, 1.165) is 31.5 Å². The van der Waals surface area contributed by atoms with Crippen molar-refractivity contribution in [3.05, 3.63) is 22.7 Å². The number of ether oxygens (including phenoxy) is 1. The van der Waals surface area contributed by atoms with Gasteiger partial charge < -0.3 is 4.74 Å². The van der Waals surface area contributed by atoms with Crippen molar-refractivity contribution in [2.24, 2.45) is 5.92 Å². The minimum absolute atomic E-state index is 0.123. The lowest BCUT2D eigenvalue weighted by Crippen LogP contribution is -2.40. The van der Waals surface area contributed by atoms with Crippen molar-refractivity contribution in [2.75, 3.05) is 26.3 Å². The molecule has 0 N–H and O–H groups in total. The van der Waals surface area contributed by atoms with Gasteiger partial charge in [-0.05, 0) is 18.8 Å². The van der Waals surface area contributed by atoms with Crippen LogP contribution in [0.2, 0.25) is 5.15 Å². The van der Waals surface area contributed by atoms with E-state index in [2.05, 4.69) is 14.9 Å². The highest BCUT2D eigenvalue weighted by Crippen LogP contribution is 2.46. The number of hydrogen-bond acceptors (Lipinski definition) is 4. The number of morpholine rings is 1. The SMILES string of the molecule is FC(F)c1ncc(C(C2CC2)N2CCOCC2)c(Cl)n1. The van der Waals surface area contributed by atoms with Crippen LogP contribution in [0.5, 0.6) is 0 Å². The predicted octanol–water partition coefficient (Wildman–Crippen LogP) is 2.85. The third-order valence-electron chi connectivity index (χ3n) is 3.81. The second-order valence-electron chi connectivity index (χ2n) is 5.21. The Balaban J connectivity index is 1.87. The highest BCUT2D eigenvalue weighted by molar-refractivity contribution is 6.30. The van der Waals surface area contributed by atoms with Crippen LogP contribution in [0.4, 0.5) is 8.78 Å². The van der Waals surface area contributed by atoms with Gasteiger partial charge >= 0.3 is 0 Å². The monoisotopic (exact) mass is 303 g/mol. The maximum atomic E-state index is 12.6. The van der Waals surface area contributed by atoms with Crippen molar-refractivity contribution in [1.29, 1.82) is 0 Å². The van der Waals surface area contributed by atoms with E-state index in [1.807, 2.05) is 0 Å². The van der Waals surface area contributed by atoms with Crippen LogP contribution < -0.4 is 0 Å². The molecule has 4 nitrogen and oxygen atoms in total. The number of rotatable bonds is 4. The van der Waals surface area contributed by atoms with Crippen molar-refractivity contribution in [1.82, 2.24) is 14.9 Å². The summed E-state index contributed by atoms with van der Waals surface area (Å²) in [6, 6.07) is 0.123. The second-order valence-corrected chi connectivity index (χ2v) is 5.56. The molecule has 1 aliphatic carbocycles. The summed E-state index contributed by atoms with van der Waals surface area (Å²) in [7, 11) is 0. The number of aromatic nitrogens is 2. The molecule has 1 aromatic heterocycles. The summed E-state index contributed by atoms with van der Waals surface area (Å²) < 4.78 is 30.6. The Morgan fingerprint density at radius 1 is 1.30 bits per heavy atom. The van der Waals surface area contributed by atoms with Crippen LogP contribution in [0, 0.1) is 5.92 Å². The fourth-order valence-corrected chi connectivity index (χ4v) is 2.95. The van der Waals surface area contributed by atoms with Crippen LogP contribution in [0.15, 0.2) is 6.20 Å². The van der Waals surface area contributed by atoms with Crippen LogP contribution in [-0.4, -0.2) is 41.2 Å². The van der Waals surface area contributed by atoms with Crippen LogP contribution in [-0.2, 0) is 4.74 Å². The van der Waals surface area contributed by atoms with Gasteiger partial charge in [0.2, 0.25) is 0 Å². The highest BCUT2D eigenvalue weighted by Gasteiger charge is 2.38. The van der Waals surface area contributed by atoms with Gasteiger partial charge in [-0.3, -0.25) is 4.90 Å². The first-order chi connectivity index (χ1) is 9.66. The first kappa shape index (κ1) is 14.1. The maximum absolute atomic E-state index is 12.6. The first-order valence-electron chi connectivity index (χ1n) is 6.79. The topological polar surface area (TPSA) is 38.2 Å². The lowest BCUT2D eigenvalue weighted by Gasteiger charge is -2.35. The summed E-state index contributed by atoms with van der Waals surface area (Å²) in [6.07, 6.45) is 1.04. The van der Waals surface area contributed by atoms with Gasteiger partial charge in [-0.15, -0.1) is 0 Å². The molecule has 0 radical (unpaired) electrons. The molecule has 0 aromatic carbocycles. The smallest absolute Gasteiger partial charge is 0.297 e. The molecular formula is C13H16ClF2N3O. The minimum atomic E-state index is -2.69. The van der Waals surface area contributed by atoms with E-state index in [1.165, 1.54) is 6.20 Å². The largest absolute Gasteiger partial charge is 0.379 e. The summed E-state index contributed by atoms with van der Waals surface area (Å²) in [5.41, 5.74) is 0.764. The molecule has 2 aliphatic rings. The third kappa shape index (κ3) is 2.92. The standard InChI is InChI=1S/C13H16ClF2N3O/c14-11-9(7-17-13(18-11)12(15)16)10(8-1-2-8)19-3-5-20-6-4-19/h7-8,10,12H,1-6H2. The summed E-state index contributed by atoms with van der Waals surface area (Å²) in [6.45, 7) is 3.04. The highest BCUT2D eigenvalue weighted by atomic mass is 35.5. The molecule has 1 unspecified atom stereocenters. The molecule has 1 saturated carbocycles. The van der Waals surface area contributed by atoms with E-state index in [1.54, 1.807) is 0 Å². The second kappa shape index (κ2) is 5.87. The number of nitrogens with zero attached hydrogens (tertiary/aromatic N) is 3. The lowest BCUT2D eigenvalue weighted by atomic mass is 10.0. The van der Waals surface area contributed by atoms with E-state index in [4.69, 9.17) is 16.3 Å². The molecular weight excluding hydrogens is 288 g/mol. The zero-order chi connectivity index (χ0) is 14.1.